The van der Waals surface area contributed by atoms with Gasteiger partial charge in [-0.15, -0.1) is 0 Å². The molecule has 0 aliphatic carbocycles. The van der Waals surface area contributed by atoms with Crippen molar-refractivity contribution in [2.24, 2.45) is 5.92 Å². The van der Waals surface area contributed by atoms with Crippen molar-refractivity contribution < 1.29 is 18.0 Å². The summed E-state index contributed by atoms with van der Waals surface area (Å²) < 4.78 is 39.1. The van der Waals surface area contributed by atoms with Gasteiger partial charge >= 0.3 is 6.18 Å². The second-order valence-electron chi connectivity index (χ2n) is 5.84. The van der Waals surface area contributed by atoms with E-state index < -0.39 is 11.7 Å². The van der Waals surface area contributed by atoms with Gasteiger partial charge in [-0.3, -0.25) is 9.69 Å². The first-order chi connectivity index (χ1) is 10.4. The van der Waals surface area contributed by atoms with Gasteiger partial charge in [-0.1, -0.05) is 18.2 Å². The van der Waals surface area contributed by atoms with Gasteiger partial charge in [0.25, 0.3) is 0 Å². The largest absolute Gasteiger partial charge is 0.416 e. The molecule has 0 unspecified atom stereocenters. The van der Waals surface area contributed by atoms with Gasteiger partial charge in [0.15, 0.2) is 0 Å². The second-order valence-corrected chi connectivity index (χ2v) is 5.84. The van der Waals surface area contributed by atoms with E-state index in [4.69, 9.17) is 0 Å². The molecule has 1 aliphatic rings. The molecule has 0 radical (unpaired) electrons. The Labute approximate surface area is 128 Å². The fraction of sp³-hybridized carbons (Fsp3) is 0.562. The summed E-state index contributed by atoms with van der Waals surface area (Å²) in [5.41, 5.74) is -0.242. The third kappa shape index (κ3) is 4.73. The minimum atomic E-state index is -4.32. The van der Waals surface area contributed by atoms with Crippen molar-refractivity contribution in [3.63, 3.8) is 0 Å². The van der Waals surface area contributed by atoms with Gasteiger partial charge in [0, 0.05) is 26.6 Å². The molecule has 1 N–H and O–H groups in total. The lowest BCUT2D eigenvalue weighted by Gasteiger charge is -2.33. The Bertz CT molecular complexity index is 516. The van der Waals surface area contributed by atoms with Gasteiger partial charge in [0.2, 0.25) is 5.91 Å². The number of hydrogen-bond acceptors (Lipinski definition) is 2. The number of carbonyl (C=O) groups is 1. The molecule has 1 aromatic rings. The lowest BCUT2D eigenvalue weighted by Crippen LogP contribution is -2.40. The zero-order chi connectivity index (χ0) is 16.2. The van der Waals surface area contributed by atoms with Crippen molar-refractivity contribution in [3.8, 4) is 0 Å². The van der Waals surface area contributed by atoms with Gasteiger partial charge in [0.05, 0.1) is 5.56 Å². The summed E-state index contributed by atoms with van der Waals surface area (Å²) in [6.45, 7) is 3.87. The zero-order valence-corrected chi connectivity index (χ0v) is 12.6. The molecule has 1 fully saturated rings. The summed E-state index contributed by atoms with van der Waals surface area (Å²) >= 11 is 0. The monoisotopic (exact) mass is 314 g/mol. The van der Waals surface area contributed by atoms with Gasteiger partial charge < -0.3 is 5.32 Å². The zero-order valence-electron chi connectivity index (χ0n) is 12.6. The first-order valence-corrected chi connectivity index (χ1v) is 7.48. The second kappa shape index (κ2) is 7.13. The maximum Gasteiger partial charge on any atom is 0.416 e. The van der Waals surface area contributed by atoms with Crippen molar-refractivity contribution >= 4 is 5.91 Å². The summed E-state index contributed by atoms with van der Waals surface area (Å²) in [7, 11) is 0. The number of piperidine rings is 1. The van der Waals surface area contributed by atoms with Crippen LogP contribution in [0.25, 0.3) is 0 Å². The van der Waals surface area contributed by atoms with E-state index in [0.717, 1.165) is 25.5 Å². The van der Waals surface area contributed by atoms with E-state index in [1.54, 1.807) is 12.1 Å². The lowest BCUT2D eigenvalue weighted by molar-refractivity contribution is -0.138. The molecule has 0 spiro atoms. The highest BCUT2D eigenvalue weighted by molar-refractivity contribution is 5.72. The number of amides is 1. The van der Waals surface area contributed by atoms with E-state index in [9.17, 15) is 18.0 Å². The van der Waals surface area contributed by atoms with Crippen molar-refractivity contribution in [2.45, 2.75) is 32.5 Å². The minimum Gasteiger partial charge on any atom is -0.356 e. The van der Waals surface area contributed by atoms with Gasteiger partial charge in [-0.25, -0.2) is 0 Å². The number of alkyl halides is 3. The summed E-state index contributed by atoms with van der Waals surface area (Å²) in [6, 6.07) is 5.74. The number of nitrogens with one attached hydrogen (secondary N) is 1. The number of carbonyl (C=O) groups excluding carboxylic acids is 1. The van der Waals surface area contributed by atoms with Crippen LogP contribution in [0, 0.1) is 5.92 Å². The number of likely N-dealkylation sites (tertiary alicyclic amines) is 1. The van der Waals surface area contributed by atoms with E-state index in [-0.39, 0.29) is 5.91 Å². The van der Waals surface area contributed by atoms with Crippen LogP contribution in [0.5, 0.6) is 0 Å². The fourth-order valence-corrected chi connectivity index (χ4v) is 2.93. The number of hydrogen-bond donors (Lipinski definition) is 1. The Morgan fingerprint density at radius 3 is 2.77 bits per heavy atom. The number of nitrogens with zero attached hydrogens (tertiary/aromatic N) is 1. The predicted octanol–water partition coefficient (Wildman–Crippen LogP) is 3.05. The summed E-state index contributed by atoms with van der Waals surface area (Å²) in [5.74, 6) is 0.232. The van der Waals surface area contributed by atoms with Crippen LogP contribution in [-0.4, -0.2) is 30.4 Å². The summed E-state index contributed by atoms with van der Waals surface area (Å²) in [5, 5.41) is 2.79. The quantitative estimate of drug-likeness (QED) is 0.926. The van der Waals surface area contributed by atoms with E-state index in [1.807, 2.05) is 4.90 Å². The lowest BCUT2D eigenvalue weighted by atomic mass is 9.97. The predicted molar refractivity (Wildman–Crippen MR) is 78.1 cm³/mol. The molecule has 1 amide bonds. The Morgan fingerprint density at radius 2 is 2.09 bits per heavy atom. The first kappa shape index (κ1) is 16.8. The highest BCUT2D eigenvalue weighted by Gasteiger charge is 2.33. The molecule has 1 atom stereocenters. The highest BCUT2D eigenvalue weighted by atomic mass is 19.4. The van der Waals surface area contributed by atoms with Crippen LogP contribution in [-0.2, 0) is 17.5 Å². The number of halogens is 3. The molecular formula is C16H21F3N2O. The number of benzene rings is 1. The maximum absolute atomic E-state index is 13.0. The third-order valence-electron chi connectivity index (χ3n) is 3.96. The molecule has 22 heavy (non-hydrogen) atoms. The Kier molecular flexibility index (Phi) is 5.45. The van der Waals surface area contributed by atoms with Crippen LogP contribution in [0.1, 0.15) is 30.9 Å². The van der Waals surface area contributed by atoms with Crippen LogP contribution in [0.2, 0.25) is 0 Å². The third-order valence-corrected chi connectivity index (χ3v) is 3.96. The maximum atomic E-state index is 13.0. The molecule has 1 aromatic carbocycles. The smallest absolute Gasteiger partial charge is 0.356 e. The molecule has 1 saturated heterocycles. The van der Waals surface area contributed by atoms with Crippen molar-refractivity contribution in [2.75, 3.05) is 19.6 Å². The van der Waals surface area contributed by atoms with Crippen LogP contribution in [0.15, 0.2) is 24.3 Å². The van der Waals surface area contributed by atoms with Crippen LogP contribution in [0.4, 0.5) is 13.2 Å². The molecule has 1 heterocycles. The summed E-state index contributed by atoms with van der Waals surface area (Å²) in [6.07, 6.45) is -2.38. The number of rotatable bonds is 4. The Morgan fingerprint density at radius 1 is 1.36 bits per heavy atom. The van der Waals surface area contributed by atoms with Crippen molar-refractivity contribution in [1.82, 2.24) is 10.2 Å². The first-order valence-electron chi connectivity index (χ1n) is 7.48. The van der Waals surface area contributed by atoms with E-state index in [1.165, 1.54) is 13.0 Å². The van der Waals surface area contributed by atoms with Crippen molar-refractivity contribution in [3.05, 3.63) is 35.4 Å². The molecule has 1 aliphatic heterocycles. The van der Waals surface area contributed by atoms with Crippen molar-refractivity contribution in [1.29, 1.82) is 0 Å². The molecule has 0 saturated carbocycles. The van der Waals surface area contributed by atoms with Crippen LogP contribution < -0.4 is 5.32 Å². The standard InChI is InChI=1S/C16H21F3N2O/c1-12(22)20-9-13-5-4-8-21(10-13)11-14-6-2-3-7-15(14)16(17,18)19/h2-3,6-7,13H,4-5,8-11H2,1H3,(H,20,22)/t13-/m1/s1. The Balaban J connectivity index is 2.00. The molecule has 0 bridgehead atoms. The topological polar surface area (TPSA) is 32.3 Å². The molecule has 0 aromatic heterocycles. The molecule has 122 valence electrons. The molecule has 6 heteroatoms. The summed E-state index contributed by atoms with van der Waals surface area (Å²) in [4.78, 5) is 13.0. The van der Waals surface area contributed by atoms with Crippen LogP contribution >= 0.6 is 0 Å². The van der Waals surface area contributed by atoms with E-state index in [2.05, 4.69) is 5.32 Å². The van der Waals surface area contributed by atoms with E-state index in [0.29, 0.717) is 31.1 Å². The van der Waals surface area contributed by atoms with Gasteiger partial charge in [0.1, 0.15) is 0 Å². The SMILES string of the molecule is CC(=O)NC[C@H]1CCCN(Cc2ccccc2C(F)(F)F)C1. The normalized spacial score (nSPS) is 19.9. The highest BCUT2D eigenvalue weighted by Crippen LogP contribution is 2.32. The van der Waals surface area contributed by atoms with Gasteiger partial charge in [-0.05, 0) is 36.9 Å². The Hall–Kier alpha value is -1.56. The average Bonchev–Trinajstić information content (AvgIpc) is 2.45. The molecular weight excluding hydrogens is 293 g/mol. The van der Waals surface area contributed by atoms with Crippen LogP contribution in [0.3, 0.4) is 0 Å². The fourth-order valence-electron chi connectivity index (χ4n) is 2.93. The van der Waals surface area contributed by atoms with Gasteiger partial charge in [-0.2, -0.15) is 13.2 Å². The van der Waals surface area contributed by atoms with E-state index >= 15 is 0 Å². The minimum absolute atomic E-state index is 0.0699. The molecule has 2 rings (SSSR count). The molecule has 3 nitrogen and oxygen atoms in total. The average molecular weight is 314 g/mol.